The number of halogens is 3. The third kappa shape index (κ3) is 2.24. The number of pyridine rings is 1. The molecule has 48 valence electrons. The first-order valence-corrected chi connectivity index (χ1v) is 4.13. The molecular weight excluding hydrogens is 269 g/mol. The van der Waals surface area contributed by atoms with Gasteiger partial charge in [-0.15, -0.1) is 0 Å². The highest BCUT2D eigenvalue weighted by atomic mass is 79.9. The number of hydrogen-bond donors (Lipinski definition) is 0. The molecule has 0 unspecified atom stereocenters. The van der Waals surface area contributed by atoms with Gasteiger partial charge in [-0.05, 0) is 28.1 Å². The summed E-state index contributed by atoms with van der Waals surface area (Å²) in [6.07, 6.45) is 0. The van der Waals surface area contributed by atoms with Crippen LogP contribution < -0.4 is 0 Å². The van der Waals surface area contributed by atoms with Gasteiger partial charge < -0.3 is 0 Å². The molecule has 1 aromatic rings. The maximum atomic E-state index is 5.58. The second kappa shape index (κ2) is 2.99. The van der Waals surface area contributed by atoms with E-state index in [1.54, 1.807) is 6.07 Å². The fourth-order valence-electron chi connectivity index (χ4n) is 0.436. The average Bonchev–Trinajstić information content (AvgIpc) is 1.59. The van der Waals surface area contributed by atoms with E-state index in [0.717, 1.165) is 9.08 Å². The fourth-order valence-corrected chi connectivity index (χ4v) is 2.06. The van der Waals surface area contributed by atoms with Gasteiger partial charge in [0.15, 0.2) is 0 Å². The van der Waals surface area contributed by atoms with Crippen LogP contribution in [-0.2, 0) is 0 Å². The van der Waals surface area contributed by atoms with Gasteiger partial charge in [0, 0.05) is 4.47 Å². The van der Waals surface area contributed by atoms with Gasteiger partial charge >= 0.3 is 0 Å². The topological polar surface area (TPSA) is 12.9 Å². The Hall–Kier alpha value is 0.400. The zero-order valence-corrected chi connectivity index (χ0v) is 8.16. The van der Waals surface area contributed by atoms with Crippen LogP contribution in [0.5, 0.6) is 0 Å². The second-order valence-electron chi connectivity index (χ2n) is 1.43. The van der Waals surface area contributed by atoms with Gasteiger partial charge in [-0.1, -0.05) is 27.5 Å². The number of rotatable bonds is 0. The van der Waals surface area contributed by atoms with E-state index in [2.05, 4.69) is 36.8 Å². The lowest BCUT2D eigenvalue weighted by atomic mass is 10.5. The standard InChI is InChI=1S/C5H2Br2ClN/c6-3-1-4(7)9-5(8)2-3/h1-2H. The predicted octanol–water partition coefficient (Wildman–Crippen LogP) is 3.26. The Kier molecular flexibility index (Phi) is 2.50. The molecule has 9 heavy (non-hydrogen) atoms. The largest absolute Gasteiger partial charge is 0.229 e. The van der Waals surface area contributed by atoms with Crippen molar-refractivity contribution in [1.82, 2.24) is 4.98 Å². The van der Waals surface area contributed by atoms with E-state index >= 15 is 0 Å². The van der Waals surface area contributed by atoms with E-state index in [9.17, 15) is 0 Å². The summed E-state index contributed by atoms with van der Waals surface area (Å²) >= 11 is 12.0. The molecule has 0 aliphatic carbocycles. The Morgan fingerprint density at radius 1 is 1.33 bits per heavy atom. The molecule has 0 aromatic carbocycles. The maximum absolute atomic E-state index is 5.58. The third-order valence-corrected chi connectivity index (χ3v) is 1.79. The number of hydrogen-bond acceptors (Lipinski definition) is 1. The molecule has 1 nitrogen and oxygen atoms in total. The molecule has 0 spiro atoms. The van der Waals surface area contributed by atoms with Crippen molar-refractivity contribution >= 4 is 43.5 Å². The predicted molar refractivity (Wildman–Crippen MR) is 44.6 cm³/mol. The lowest BCUT2D eigenvalue weighted by Crippen LogP contribution is -1.75. The van der Waals surface area contributed by atoms with Gasteiger partial charge in [-0.3, -0.25) is 0 Å². The second-order valence-corrected chi connectivity index (χ2v) is 3.55. The molecular formula is C5H2Br2ClN. The smallest absolute Gasteiger partial charge is 0.131 e. The van der Waals surface area contributed by atoms with Crippen LogP contribution in [0.15, 0.2) is 21.2 Å². The summed E-state index contributed by atoms with van der Waals surface area (Å²) in [5.41, 5.74) is 0. The first-order chi connectivity index (χ1) is 4.18. The van der Waals surface area contributed by atoms with E-state index in [0.29, 0.717) is 5.15 Å². The van der Waals surface area contributed by atoms with Crippen molar-refractivity contribution in [3.63, 3.8) is 0 Å². The van der Waals surface area contributed by atoms with Crippen molar-refractivity contribution in [1.29, 1.82) is 0 Å². The summed E-state index contributed by atoms with van der Waals surface area (Å²) < 4.78 is 1.66. The molecule has 4 heteroatoms. The SMILES string of the molecule is Clc1cc(Br)cc(Br)n1. The van der Waals surface area contributed by atoms with E-state index < -0.39 is 0 Å². The number of aromatic nitrogens is 1. The zero-order valence-electron chi connectivity index (χ0n) is 4.24. The highest BCUT2D eigenvalue weighted by Crippen LogP contribution is 2.18. The minimum absolute atomic E-state index is 0.483. The molecule has 0 aliphatic rings. The van der Waals surface area contributed by atoms with E-state index in [-0.39, 0.29) is 0 Å². The highest BCUT2D eigenvalue weighted by Gasteiger charge is 1.93. The molecule has 0 aliphatic heterocycles. The molecule has 0 fully saturated rings. The van der Waals surface area contributed by atoms with Crippen molar-refractivity contribution in [3.05, 3.63) is 26.4 Å². The lowest BCUT2D eigenvalue weighted by Gasteiger charge is -1.91. The van der Waals surface area contributed by atoms with Crippen molar-refractivity contribution in [2.75, 3.05) is 0 Å². The lowest BCUT2D eigenvalue weighted by molar-refractivity contribution is 1.27. The van der Waals surface area contributed by atoms with Crippen LogP contribution in [0.3, 0.4) is 0 Å². The van der Waals surface area contributed by atoms with E-state index in [4.69, 9.17) is 11.6 Å². The summed E-state index contributed by atoms with van der Waals surface area (Å²) in [6.45, 7) is 0. The summed E-state index contributed by atoms with van der Waals surface area (Å²) in [6, 6.07) is 3.55. The van der Waals surface area contributed by atoms with Crippen LogP contribution in [0.4, 0.5) is 0 Å². The van der Waals surface area contributed by atoms with Gasteiger partial charge in [0.1, 0.15) is 9.76 Å². The van der Waals surface area contributed by atoms with Crippen molar-refractivity contribution in [2.45, 2.75) is 0 Å². The van der Waals surface area contributed by atoms with Crippen LogP contribution in [0.2, 0.25) is 5.15 Å². The van der Waals surface area contributed by atoms with Crippen molar-refractivity contribution in [3.8, 4) is 0 Å². The zero-order chi connectivity index (χ0) is 6.85. The van der Waals surface area contributed by atoms with Crippen LogP contribution in [0.1, 0.15) is 0 Å². The Bertz CT molecular complexity index is 176. The molecule has 1 rings (SSSR count). The fraction of sp³-hybridized carbons (Fsp3) is 0. The monoisotopic (exact) mass is 269 g/mol. The van der Waals surface area contributed by atoms with Crippen LogP contribution in [0, 0.1) is 0 Å². The first-order valence-electron chi connectivity index (χ1n) is 2.17. The molecule has 1 heterocycles. The van der Waals surface area contributed by atoms with Gasteiger partial charge in [-0.2, -0.15) is 0 Å². The summed E-state index contributed by atoms with van der Waals surface area (Å²) in [5.74, 6) is 0. The van der Waals surface area contributed by atoms with Crippen LogP contribution >= 0.6 is 43.5 Å². The maximum Gasteiger partial charge on any atom is 0.131 e. The Morgan fingerprint density at radius 3 is 2.44 bits per heavy atom. The molecule has 0 saturated heterocycles. The molecule has 0 saturated carbocycles. The molecule has 0 N–H and O–H groups in total. The minimum Gasteiger partial charge on any atom is -0.229 e. The minimum atomic E-state index is 0.483. The van der Waals surface area contributed by atoms with Gasteiger partial charge in [-0.25, -0.2) is 4.98 Å². The summed E-state index contributed by atoms with van der Waals surface area (Å²) in [5, 5.41) is 0.483. The third-order valence-electron chi connectivity index (χ3n) is 0.728. The van der Waals surface area contributed by atoms with Crippen LogP contribution in [0.25, 0.3) is 0 Å². The van der Waals surface area contributed by atoms with Crippen molar-refractivity contribution < 1.29 is 0 Å². The number of nitrogens with zero attached hydrogens (tertiary/aromatic N) is 1. The molecule has 0 atom stereocenters. The van der Waals surface area contributed by atoms with Crippen LogP contribution in [-0.4, -0.2) is 4.98 Å². The van der Waals surface area contributed by atoms with E-state index in [1.807, 2.05) is 6.07 Å². The Morgan fingerprint density at radius 2 is 2.00 bits per heavy atom. The van der Waals surface area contributed by atoms with Crippen molar-refractivity contribution in [2.24, 2.45) is 0 Å². The molecule has 0 radical (unpaired) electrons. The summed E-state index contributed by atoms with van der Waals surface area (Å²) in [7, 11) is 0. The normalized spacial score (nSPS) is 9.67. The first kappa shape index (κ1) is 7.51. The molecule has 0 bridgehead atoms. The summed E-state index contributed by atoms with van der Waals surface area (Å²) in [4.78, 5) is 3.89. The Labute approximate surface area is 74.7 Å². The van der Waals surface area contributed by atoms with E-state index in [1.165, 1.54) is 0 Å². The highest BCUT2D eigenvalue weighted by molar-refractivity contribution is 9.11. The molecule has 1 aromatic heterocycles. The van der Waals surface area contributed by atoms with Gasteiger partial charge in [0.05, 0.1) is 0 Å². The van der Waals surface area contributed by atoms with Gasteiger partial charge in [0.2, 0.25) is 0 Å². The molecule has 0 amide bonds. The Balaban J connectivity index is 3.17. The average molecular weight is 271 g/mol. The van der Waals surface area contributed by atoms with Gasteiger partial charge in [0.25, 0.3) is 0 Å². The quantitative estimate of drug-likeness (QED) is 0.660.